The van der Waals surface area contributed by atoms with Crippen molar-refractivity contribution >= 4 is 21.9 Å². The number of phenolic OH excluding ortho intramolecular Hbond substituents is 1. The van der Waals surface area contributed by atoms with Crippen LogP contribution in [0.4, 0.5) is 0 Å². The quantitative estimate of drug-likeness (QED) is 0.885. The Morgan fingerprint density at radius 3 is 2.88 bits per heavy atom. The molecule has 2 aromatic rings. The van der Waals surface area contributed by atoms with E-state index in [2.05, 4.69) is 21.1 Å². The lowest BCUT2D eigenvalue weighted by atomic mass is 10.1. The van der Waals surface area contributed by atoms with Crippen LogP contribution in [-0.2, 0) is 0 Å². The lowest BCUT2D eigenvalue weighted by molar-refractivity contribution is 0.0697. The van der Waals surface area contributed by atoms with Gasteiger partial charge < -0.3 is 14.7 Å². The first kappa shape index (κ1) is 10.7. The van der Waals surface area contributed by atoms with Crippen molar-refractivity contribution in [2.45, 2.75) is 0 Å². The molecule has 0 spiro atoms. The highest BCUT2D eigenvalue weighted by Crippen LogP contribution is 2.36. The van der Waals surface area contributed by atoms with E-state index in [-0.39, 0.29) is 17.1 Å². The summed E-state index contributed by atoms with van der Waals surface area (Å²) < 4.78 is 5.25. The van der Waals surface area contributed by atoms with Crippen molar-refractivity contribution in [3.63, 3.8) is 0 Å². The molecule has 0 saturated carbocycles. The molecule has 0 bridgehead atoms. The van der Waals surface area contributed by atoms with Crippen LogP contribution in [0, 0.1) is 0 Å². The molecule has 0 fully saturated rings. The van der Waals surface area contributed by atoms with Gasteiger partial charge in [-0.25, -0.2) is 4.79 Å². The molecule has 6 heteroatoms. The third kappa shape index (κ3) is 1.67. The van der Waals surface area contributed by atoms with E-state index in [0.717, 1.165) is 6.20 Å². The predicted octanol–water partition coefficient (Wildman–Crippen LogP) is 2.51. The number of hydrogen-bond acceptors (Lipinski definition) is 4. The normalized spacial score (nSPS) is 10.3. The van der Waals surface area contributed by atoms with Crippen LogP contribution < -0.4 is 0 Å². The smallest absolute Gasteiger partial charge is 0.341 e. The van der Waals surface area contributed by atoms with E-state index < -0.39 is 5.97 Å². The summed E-state index contributed by atoms with van der Waals surface area (Å²) in [4.78, 5) is 10.9. The molecule has 82 valence electrons. The van der Waals surface area contributed by atoms with E-state index in [1.54, 1.807) is 12.1 Å². The van der Waals surface area contributed by atoms with Crippen LogP contribution in [0.1, 0.15) is 10.4 Å². The number of aromatic carboxylic acids is 1. The lowest BCUT2D eigenvalue weighted by Gasteiger charge is -2.02. The number of nitrogens with zero attached hydrogens (tertiary/aromatic N) is 1. The molecule has 16 heavy (non-hydrogen) atoms. The number of aromatic hydroxyl groups is 1. The molecule has 1 heterocycles. The Kier molecular flexibility index (Phi) is 2.66. The molecule has 0 aliphatic carbocycles. The van der Waals surface area contributed by atoms with E-state index >= 15 is 0 Å². The van der Waals surface area contributed by atoms with Crippen LogP contribution in [0.25, 0.3) is 11.3 Å². The monoisotopic (exact) mass is 283 g/mol. The molecule has 2 N–H and O–H groups in total. The fourth-order valence-corrected chi connectivity index (χ4v) is 1.73. The molecule has 0 saturated heterocycles. The maximum absolute atomic E-state index is 10.9. The second-order valence-corrected chi connectivity index (χ2v) is 3.81. The molecular weight excluding hydrogens is 278 g/mol. The van der Waals surface area contributed by atoms with Gasteiger partial charge in [-0.1, -0.05) is 11.2 Å². The van der Waals surface area contributed by atoms with E-state index in [1.165, 1.54) is 6.07 Å². The van der Waals surface area contributed by atoms with Gasteiger partial charge in [-0.2, -0.15) is 0 Å². The minimum atomic E-state index is -1.13. The Morgan fingerprint density at radius 1 is 1.44 bits per heavy atom. The van der Waals surface area contributed by atoms with Crippen LogP contribution in [0.5, 0.6) is 5.75 Å². The minimum Gasteiger partial charge on any atom is -0.507 e. The Bertz CT molecular complexity index is 550. The molecule has 0 aliphatic heterocycles. The fourth-order valence-electron chi connectivity index (χ4n) is 1.28. The van der Waals surface area contributed by atoms with E-state index in [4.69, 9.17) is 9.63 Å². The van der Waals surface area contributed by atoms with Crippen molar-refractivity contribution in [2.75, 3.05) is 0 Å². The summed E-state index contributed by atoms with van der Waals surface area (Å²) in [7, 11) is 0. The standard InChI is InChI=1S/C10H6BrNO4/c11-8-5(2-1-3-7(8)13)9-6(10(14)15)4-12-16-9/h1-4,13H,(H,14,15). The highest BCUT2D eigenvalue weighted by molar-refractivity contribution is 9.10. The third-order valence-corrected chi connectivity index (χ3v) is 2.86. The second-order valence-electron chi connectivity index (χ2n) is 3.01. The predicted molar refractivity (Wildman–Crippen MR) is 58.3 cm³/mol. The summed E-state index contributed by atoms with van der Waals surface area (Å²) in [6, 6.07) is 4.69. The van der Waals surface area contributed by atoms with Gasteiger partial charge in [0.15, 0.2) is 5.76 Å². The Labute approximate surface area is 98.4 Å². The van der Waals surface area contributed by atoms with Crippen LogP contribution in [0.15, 0.2) is 33.4 Å². The zero-order chi connectivity index (χ0) is 11.7. The van der Waals surface area contributed by atoms with Gasteiger partial charge in [0.05, 0.1) is 10.7 Å². The van der Waals surface area contributed by atoms with Gasteiger partial charge in [0.2, 0.25) is 0 Å². The van der Waals surface area contributed by atoms with Gasteiger partial charge in [0.25, 0.3) is 0 Å². The van der Waals surface area contributed by atoms with E-state index in [0.29, 0.717) is 10.0 Å². The molecular formula is C10H6BrNO4. The highest BCUT2D eigenvalue weighted by atomic mass is 79.9. The van der Waals surface area contributed by atoms with Crippen LogP contribution in [-0.4, -0.2) is 21.3 Å². The molecule has 1 aromatic carbocycles. The molecule has 5 nitrogen and oxygen atoms in total. The first-order chi connectivity index (χ1) is 7.61. The molecule has 1 aromatic heterocycles. The van der Waals surface area contributed by atoms with Crippen LogP contribution in [0.3, 0.4) is 0 Å². The van der Waals surface area contributed by atoms with Crippen molar-refractivity contribution < 1.29 is 19.5 Å². The molecule has 2 rings (SSSR count). The zero-order valence-electron chi connectivity index (χ0n) is 7.85. The van der Waals surface area contributed by atoms with Gasteiger partial charge >= 0.3 is 5.97 Å². The highest BCUT2D eigenvalue weighted by Gasteiger charge is 2.19. The van der Waals surface area contributed by atoms with Crippen molar-refractivity contribution in [3.05, 3.63) is 34.4 Å². The van der Waals surface area contributed by atoms with Crippen molar-refractivity contribution in [3.8, 4) is 17.1 Å². The molecule has 0 unspecified atom stereocenters. The SMILES string of the molecule is O=C(O)c1cnoc1-c1cccc(O)c1Br. The Hall–Kier alpha value is -1.82. The Morgan fingerprint density at radius 2 is 2.19 bits per heavy atom. The maximum Gasteiger partial charge on any atom is 0.341 e. The van der Waals surface area contributed by atoms with Crippen LogP contribution in [0.2, 0.25) is 0 Å². The summed E-state index contributed by atoms with van der Waals surface area (Å²) in [5, 5.41) is 21.8. The van der Waals surface area contributed by atoms with Gasteiger partial charge in [-0.05, 0) is 28.1 Å². The number of carboxylic acids is 1. The summed E-state index contributed by atoms with van der Waals surface area (Å²) in [6.07, 6.45) is 1.12. The molecule has 0 atom stereocenters. The zero-order valence-corrected chi connectivity index (χ0v) is 9.43. The third-order valence-electron chi connectivity index (χ3n) is 2.02. The van der Waals surface area contributed by atoms with Gasteiger partial charge in [0, 0.05) is 5.56 Å². The Balaban J connectivity index is 2.63. The van der Waals surface area contributed by atoms with Gasteiger partial charge in [-0.15, -0.1) is 0 Å². The minimum absolute atomic E-state index is 0.00485. The number of carbonyl (C=O) groups is 1. The largest absolute Gasteiger partial charge is 0.507 e. The summed E-state index contributed by atoms with van der Waals surface area (Å²) in [6.45, 7) is 0. The van der Waals surface area contributed by atoms with Crippen molar-refractivity contribution in [1.29, 1.82) is 0 Å². The number of carboxylic acid groups (broad SMARTS) is 1. The summed E-state index contributed by atoms with van der Waals surface area (Å²) in [5.74, 6) is -1.02. The average molecular weight is 284 g/mol. The summed E-state index contributed by atoms with van der Waals surface area (Å²) in [5.41, 5.74) is 0.390. The first-order valence-electron chi connectivity index (χ1n) is 4.27. The number of rotatable bonds is 2. The van der Waals surface area contributed by atoms with Crippen molar-refractivity contribution in [1.82, 2.24) is 5.16 Å². The van der Waals surface area contributed by atoms with Gasteiger partial charge in [-0.3, -0.25) is 0 Å². The van der Waals surface area contributed by atoms with E-state index in [1.807, 2.05) is 0 Å². The number of phenols is 1. The van der Waals surface area contributed by atoms with E-state index in [9.17, 15) is 9.90 Å². The number of benzene rings is 1. The molecule has 0 aliphatic rings. The number of aromatic nitrogens is 1. The first-order valence-corrected chi connectivity index (χ1v) is 5.06. The van der Waals surface area contributed by atoms with Crippen LogP contribution >= 0.6 is 15.9 Å². The van der Waals surface area contributed by atoms with Crippen molar-refractivity contribution in [2.24, 2.45) is 0 Å². The summed E-state index contributed by atoms with van der Waals surface area (Å²) >= 11 is 3.15. The topological polar surface area (TPSA) is 83.6 Å². The fraction of sp³-hybridized carbons (Fsp3) is 0. The number of hydrogen-bond donors (Lipinski definition) is 2. The molecule has 0 amide bonds. The molecule has 0 radical (unpaired) electrons. The van der Waals surface area contributed by atoms with Gasteiger partial charge in [0.1, 0.15) is 11.3 Å². The average Bonchev–Trinajstić information content (AvgIpc) is 2.70. The maximum atomic E-state index is 10.9. The number of halogens is 1. The lowest BCUT2D eigenvalue weighted by Crippen LogP contribution is -1.96. The second kappa shape index (κ2) is 3.97.